The van der Waals surface area contributed by atoms with Crippen LogP contribution in [0.1, 0.15) is 36.8 Å². The summed E-state index contributed by atoms with van der Waals surface area (Å²) in [7, 11) is 0. The van der Waals surface area contributed by atoms with Gasteiger partial charge < -0.3 is 15.3 Å². The number of β-amino-alcohol motifs (C(OH)–C–C–N with tert-alkyl or cyclic N) is 1. The highest BCUT2D eigenvalue weighted by molar-refractivity contribution is 5.93. The molecule has 3 aromatic rings. The second-order valence-corrected chi connectivity index (χ2v) is 8.01. The minimum absolute atomic E-state index is 0.334. The van der Waals surface area contributed by atoms with E-state index in [-0.39, 0.29) is 0 Å². The number of aryl methyl sites for hydroxylation is 2. The molecule has 1 saturated heterocycles. The van der Waals surface area contributed by atoms with Gasteiger partial charge in [-0.25, -0.2) is 13.8 Å². The van der Waals surface area contributed by atoms with Gasteiger partial charge in [0, 0.05) is 30.1 Å². The number of fused-ring (bicyclic) bond motifs is 1. The van der Waals surface area contributed by atoms with Crippen LogP contribution >= 0.6 is 0 Å². The number of halogens is 2. The maximum atomic E-state index is 14.2. The predicted octanol–water partition coefficient (Wildman–Crippen LogP) is 3.66. The van der Waals surface area contributed by atoms with Gasteiger partial charge in [-0.2, -0.15) is 5.10 Å². The van der Waals surface area contributed by atoms with Crippen LogP contribution in [0.25, 0.3) is 10.9 Å². The van der Waals surface area contributed by atoms with Crippen molar-refractivity contribution in [3.8, 4) is 0 Å². The molecule has 0 spiro atoms. The number of nitrogens with one attached hydrogen (secondary N) is 1. The fraction of sp³-hybridized carbons (Fsp3) is 0.381. The SMILES string of the molecule is Cc1nc2c(C)nnc(N[C@H](C)c3ccc(F)cc3F)c2cc1N1CC(C)(O)C1. The number of hydrogen-bond acceptors (Lipinski definition) is 6. The number of rotatable bonds is 4. The quantitative estimate of drug-likeness (QED) is 0.698. The van der Waals surface area contributed by atoms with Gasteiger partial charge in [0.15, 0.2) is 5.82 Å². The van der Waals surface area contributed by atoms with E-state index in [1.54, 1.807) is 13.8 Å². The zero-order chi connectivity index (χ0) is 20.9. The second-order valence-electron chi connectivity index (χ2n) is 8.01. The number of nitrogens with zero attached hydrogens (tertiary/aromatic N) is 4. The number of aromatic nitrogens is 3. The first-order valence-electron chi connectivity index (χ1n) is 9.48. The first-order valence-corrected chi connectivity index (χ1v) is 9.48. The van der Waals surface area contributed by atoms with E-state index in [9.17, 15) is 13.9 Å². The van der Waals surface area contributed by atoms with Crippen LogP contribution < -0.4 is 10.2 Å². The van der Waals surface area contributed by atoms with Gasteiger partial charge in [-0.3, -0.25) is 0 Å². The fourth-order valence-electron chi connectivity index (χ4n) is 3.79. The average Bonchev–Trinajstić information content (AvgIpc) is 2.62. The van der Waals surface area contributed by atoms with Crippen molar-refractivity contribution in [1.29, 1.82) is 0 Å². The van der Waals surface area contributed by atoms with Crippen molar-refractivity contribution in [2.45, 2.75) is 39.3 Å². The molecule has 2 aromatic heterocycles. The minimum atomic E-state index is -0.705. The Bertz CT molecular complexity index is 1090. The van der Waals surface area contributed by atoms with E-state index in [0.717, 1.165) is 22.8 Å². The summed E-state index contributed by atoms with van der Waals surface area (Å²) in [6.45, 7) is 8.39. The molecule has 1 atom stereocenters. The van der Waals surface area contributed by atoms with E-state index in [0.29, 0.717) is 35.7 Å². The molecule has 3 heterocycles. The van der Waals surface area contributed by atoms with Gasteiger partial charge in [-0.05, 0) is 39.8 Å². The molecule has 1 aliphatic heterocycles. The zero-order valence-corrected chi connectivity index (χ0v) is 16.8. The average molecular weight is 399 g/mol. The highest BCUT2D eigenvalue weighted by Gasteiger charge is 2.37. The van der Waals surface area contributed by atoms with E-state index in [4.69, 9.17) is 4.98 Å². The normalized spacial score (nSPS) is 16.6. The third-order valence-corrected chi connectivity index (χ3v) is 5.27. The lowest BCUT2D eigenvalue weighted by molar-refractivity contribution is 0.0309. The lowest BCUT2D eigenvalue weighted by atomic mass is 9.95. The Morgan fingerprint density at radius 3 is 2.52 bits per heavy atom. The van der Waals surface area contributed by atoms with E-state index in [1.807, 2.05) is 19.9 Å². The molecule has 1 fully saturated rings. The first-order chi connectivity index (χ1) is 13.6. The van der Waals surface area contributed by atoms with Crippen LogP contribution in [-0.2, 0) is 0 Å². The third kappa shape index (κ3) is 3.60. The molecule has 1 aliphatic rings. The van der Waals surface area contributed by atoms with E-state index in [1.165, 1.54) is 12.1 Å². The van der Waals surface area contributed by atoms with Crippen LogP contribution in [0.3, 0.4) is 0 Å². The molecular weight excluding hydrogens is 376 g/mol. The summed E-state index contributed by atoms with van der Waals surface area (Å²) in [6, 6.07) is 5.04. The summed E-state index contributed by atoms with van der Waals surface area (Å²) in [5.41, 5.74) is 2.79. The summed E-state index contributed by atoms with van der Waals surface area (Å²) in [5.74, 6) is -0.761. The zero-order valence-electron chi connectivity index (χ0n) is 16.8. The van der Waals surface area contributed by atoms with Gasteiger partial charge in [-0.15, -0.1) is 5.10 Å². The number of anilines is 2. The molecule has 152 valence electrons. The number of aliphatic hydroxyl groups is 1. The first kappa shape index (κ1) is 19.4. The summed E-state index contributed by atoms with van der Waals surface area (Å²) >= 11 is 0. The molecule has 0 aliphatic carbocycles. The largest absolute Gasteiger partial charge is 0.386 e. The van der Waals surface area contributed by atoms with Crippen molar-refractivity contribution in [3.05, 3.63) is 52.9 Å². The number of benzene rings is 1. The summed E-state index contributed by atoms with van der Waals surface area (Å²) < 4.78 is 27.4. The van der Waals surface area contributed by atoms with Crippen LogP contribution in [0.5, 0.6) is 0 Å². The molecular formula is C21H23F2N5O. The monoisotopic (exact) mass is 399 g/mol. The van der Waals surface area contributed by atoms with Gasteiger partial charge in [0.25, 0.3) is 0 Å². The van der Waals surface area contributed by atoms with Gasteiger partial charge in [0.2, 0.25) is 0 Å². The Kier molecular flexibility index (Phi) is 4.61. The third-order valence-electron chi connectivity index (χ3n) is 5.27. The molecule has 0 unspecified atom stereocenters. The van der Waals surface area contributed by atoms with Crippen molar-refractivity contribution in [2.24, 2.45) is 0 Å². The maximum Gasteiger partial charge on any atom is 0.158 e. The van der Waals surface area contributed by atoms with Crippen LogP contribution in [0, 0.1) is 25.5 Å². The number of hydrogen-bond donors (Lipinski definition) is 2. The Morgan fingerprint density at radius 1 is 1.14 bits per heavy atom. The topological polar surface area (TPSA) is 74.2 Å². The Hall–Kier alpha value is -2.87. The van der Waals surface area contributed by atoms with E-state index in [2.05, 4.69) is 20.4 Å². The Labute approximate surface area is 167 Å². The van der Waals surface area contributed by atoms with Crippen molar-refractivity contribution in [3.63, 3.8) is 0 Å². The van der Waals surface area contributed by atoms with Crippen molar-refractivity contribution >= 4 is 22.4 Å². The predicted molar refractivity (Wildman–Crippen MR) is 108 cm³/mol. The van der Waals surface area contributed by atoms with Crippen LogP contribution in [0.15, 0.2) is 24.3 Å². The lowest BCUT2D eigenvalue weighted by Gasteiger charge is -2.46. The summed E-state index contributed by atoms with van der Waals surface area (Å²) in [6.07, 6.45) is 0. The molecule has 6 nitrogen and oxygen atoms in total. The summed E-state index contributed by atoms with van der Waals surface area (Å²) in [4.78, 5) is 6.77. The minimum Gasteiger partial charge on any atom is -0.386 e. The van der Waals surface area contributed by atoms with Gasteiger partial charge in [-0.1, -0.05) is 6.07 Å². The van der Waals surface area contributed by atoms with Crippen molar-refractivity contribution < 1.29 is 13.9 Å². The van der Waals surface area contributed by atoms with Crippen molar-refractivity contribution in [1.82, 2.24) is 15.2 Å². The van der Waals surface area contributed by atoms with E-state index >= 15 is 0 Å². The Morgan fingerprint density at radius 2 is 1.86 bits per heavy atom. The van der Waals surface area contributed by atoms with E-state index < -0.39 is 23.3 Å². The second kappa shape index (κ2) is 6.88. The van der Waals surface area contributed by atoms with Gasteiger partial charge in [0.1, 0.15) is 11.6 Å². The molecule has 2 N–H and O–H groups in total. The molecule has 29 heavy (non-hydrogen) atoms. The highest BCUT2D eigenvalue weighted by atomic mass is 19.1. The molecule has 0 radical (unpaired) electrons. The smallest absolute Gasteiger partial charge is 0.158 e. The molecule has 0 bridgehead atoms. The maximum absolute atomic E-state index is 14.2. The van der Waals surface area contributed by atoms with Crippen molar-refractivity contribution in [2.75, 3.05) is 23.3 Å². The molecule has 0 amide bonds. The standard InChI is InChI=1S/C21H23F2N5O/c1-11(15-6-5-14(22)7-17(15)23)25-20-16-8-18(28-9-21(4,29)10-28)12(2)24-19(16)13(3)26-27-20/h5-8,11,29H,9-10H2,1-4H3,(H,25,27)/t11-/m1/s1. The number of pyridine rings is 1. The lowest BCUT2D eigenvalue weighted by Crippen LogP contribution is -2.60. The molecule has 0 saturated carbocycles. The molecule has 4 rings (SSSR count). The molecule has 8 heteroatoms. The Balaban J connectivity index is 1.73. The summed E-state index contributed by atoms with van der Waals surface area (Å²) in [5, 5.41) is 22.5. The van der Waals surface area contributed by atoms with Crippen LogP contribution in [0.4, 0.5) is 20.3 Å². The fourth-order valence-corrected chi connectivity index (χ4v) is 3.79. The van der Waals surface area contributed by atoms with Gasteiger partial charge >= 0.3 is 0 Å². The van der Waals surface area contributed by atoms with Gasteiger partial charge in [0.05, 0.1) is 34.2 Å². The molecule has 1 aromatic carbocycles. The van der Waals surface area contributed by atoms with Crippen LogP contribution in [-0.4, -0.2) is 39.0 Å². The highest BCUT2D eigenvalue weighted by Crippen LogP contribution is 2.34. The van der Waals surface area contributed by atoms with Crippen LogP contribution in [0.2, 0.25) is 0 Å².